The van der Waals surface area contributed by atoms with Crippen LogP contribution in [0.15, 0.2) is 36.4 Å². The van der Waals surface area contributed by atoms with Crippen LogP contribution in [-0.4, -0.2) is 35.4 Å². The van der Waals surface area contributed by atoms with Crippen LogP contribution in [-0.2, 0) is 20.7 Å². The van der Waals surface area contributed by atoms with Gasteiger partial charge in [-0.3, -0.25) is 9.59 Å². The molecular formula is C28H30Cl3N3O4. The molecule has 1 aliphatic carbocycles. The van der Waals surface area contributed by atoms with Crippen molar-refractivity contribution in [1.82, 2.24) is 15.6 Å². The lowest BCUT2D eigenvalue weighted by Crippen LogP contribution is -2.45. The average molecular weight is 579 g/mol. The molecule has 10 heteroatoms. The topological polar surface area (TPSA) is 100 Å². The van der Waals surface area contributed by atoms with Crippen molar-refractivity contribution in [3.05, 3.63) is 68.3 Å². The molecule has 0 saturated heterocycles. The van der Waals surface area contributed by atoms with Gasteiger partial charge in [0.2, 0.25) is 11.8 Å². The van der Waals surface area contributed by atoms with Crippen LogP contribution in [0, 0.1) is 0 Å². The molecule has 3 N–H and O–H groups in total. The molecule has 3 aromatic rings. The fourth-order valence-electron chi connectivity index (χ4n) is 4.84. The molecule has 0 bridgehead atoms. The minimum Gasteiger partial charge on any atom is -0.461 e. The van der Waals surface area contributed by atoms with E-state index in [-0.39, 0.29) is 36.6 Å². The zero-order valence-corrected chi connectivity index (χ0v) is 23.3. The molecular weight excluding hydrogens is 549 g/mol. The van der Waals surface area contributed by atoms with Gasteiger partial charge in [-0.15, -0.1) is 0 Å². The van der Waals surface area contributed by atoms with E-state index in [2.05, 4.69) is 15.6 Å². The van der Waals surface area contributed by atoms with Gasteiger partial charge in [-0.25, -0.2) is 4.79 Å². The molecule has 4 rings (SSSR count). The molecule has 1 aromatic heterocycles. The highest BCUT2D eigenvalue weighted by molar-refractivity contribution is 6.42. The van der Waals surface area contributed by atoms with Gasteiger partial charge in [0.1, 0.15) is 11.7 Å². The minimum absolute atomic E-state index is 0.0116. The fourth-order valence-corrected chi connectivity index (χ4v) is 5.33. The maximum Gasteiger partial charge on any atom is 0.355 e. The van der Waals surface area contributed by atoms with Crippen LogP contribution in [0.2, 0.25) is 15.1 Å². The standard InChI is InChI=1S/C28H30Cl3N3O4/c1-2-38-28(37)26-24(19-11-10-17(29)15-22(19)33-26)25(27(36)32-18-6-4-3-5-7-18)34-23(35)13-9-16-8-12-20(30)21(31)14-16/h8,10-12,14-15,18,25,33H,2-7,9,13H2,1H3,(H,32,36)(H,34,35). The van der Waals surface area contributed by atoms with Crippen LogP contribution in [0.1, 0.15) is 73.1 Å². The van der Waals surface area contributed by atoms with E-state index in [4.69, 9.17) is 39.5 Å². The quantitative estimate of drug-likeness (QED) is 0.251. The van der Waals surface area contributed by atoms with Crippen molar-refractivity contribution in [2.24, 2.45) is 0 Å². The summed E-state index contributed by atoms with van der Waals surface area (Å²) in [7, 11) is 0. The second-order valence-electron chi connectivity index (χ2n) is 9.42. The molecule has 0 spiro atoms. The summed E-state index contributed by atoms with van der Waals surface area (Å²) in [5.74, 6) is -1.34. The molecule has 0 radical (unpaired) electrons. The van der Waals surface area contributed by atoms with E-state index in [9.17, 15) is 14.4 Å². The van der Waals surface area contributed by atoms with Crippen LogP contribution in [0.25, 0.3) is 10.9 Å². The molecule has 1 saturated carbocycles. The van der Waals surface area contributed by atoms with Gasteiger partial charge in [-0.2, -0.15) is 0 Å². The first-order chi connectivity index (χ1) is 18.3. The lowest BCUT2D eigenvalue weighted by Gasteiger charge is -2.26. The van der Waals surface area contributed by atoms with Gasteiger partial charge in [0.05, 0.1) is 16.7 Å². The number of aromatic nitrogens is 1. The third kappa shape index (κ3) is 6.82. The van der Waals surface area contributed by atoms with E-state index in [1.165, 1.54) is 0 Å². The Labute approximate surface area is 236 Å². The van der Waals surface area contributed by atoms with Gasteiger partial charge in [-0.05, 0) is 56.0 Å². The van der Waals surface area contributed by atoms with Crippen LogP contribution in [0.3, 0.4) is 0 Å². The maximum absolute atomic E-state index is 13.7. The number of nitrogens with one attached hydrogen (secondary N) is 3. The second kappa shape index (κ2) is 12.9. The summed E-state index contributed by atoms with van der Waals surface area (Å²) in [4.78, 5) is 42.9. The van der Waals surface area contributed by atoms with Crippen molar-refractivity contribution in [2.75, 3.05) is 6.61 Å². The number of aromatic amines is 1. The van der Waals surface area contributed by atoms with Gasteiger partial charge in [0.15, 0.2) is 0 Å². The molecule has 1 unspecified atom stereocenters. The second-order valence-corrected chi connectivity index (χ2v) is 10.7. The summed E-state index contributed by atoms with van der Waals surface area (Å²) >= 11 is 18.3. The summed E-state index contributed by atoms with van der Waals surface area (Å²) in [6.07, 6.45) is 5.45. The van der Waals surface area contributed by atoms with Crippen LogP contribution < -0.4 is 10.6 Å². The zero-order chi connectivity index (χ0) is 27.2. The molecule has 1 aliphatic rings. The zero-order valence-electron chi connectivity index (χ0n) is 21.0. The van der Waals surface area contributed by atoms with E-state index in [0.717, 1.165) is 37.7 Å². The number of carbonyl (C=O) groups excluding carboxylic acids is 3. The Balaban J connectivity index is 1.66. The molecule has 38 heavy (non-hydrogen) atoms. The number of amides is 2. The number of hydrogen-bond donors (Lipinski definition) is 3. The number of aryl methyl sites for hydroxylation is 1. The molecule has 1 heterocycles. The van der Waals surface area contributed by atoms with E-state index in [1.54, 1.807) is 43.3 Å². The Kier molecular flexibility index (Phi) is 9.58. The van der Waals surface area contributed by atoms with Crippen molar-refractivity contribution in [3.8, 4) is 0 Å². The number of halogens is 3. The van der Waals surface area contributed by atoms with Gasteiger partial charge in [0, 0.05) is 34.0 Å². The summed E-state index contributed by atoms with van der Waals surface area (Å²) in [5, 5.41) is 7.89. The van der Waals surface area contributed by atoms with Crippen molar-refractivity contribution in [1.29, 1.82) is 0 Å². The van der Waals surface area contributed by atoms with Crippen LogP contribution >= 0.6 is 34.8 Å². The first-order valence-corrected chi connectivity index (χ1v) is 13.9. The fraction of sp³-hybridized carbons (Fsp3) is 0.393. The number of hydrogen-bond acceptors (Lipinski definition) is 4. The van der Waals surface area contributed by atoms with Gasteiger partial charge in [0.25, 0.3) is 0 Å². The summed E-state index contributed by atoms with van der Waals surface area (Å²) in [6.45, 7) is 1.86. The number of rotatable bonds is 9. The summed E-state index contributed by atoms with van der Waals surface area (Å²) in [6, 6.07) is 9.17. The van der Waals surface area contributed by atoms with E-state index in [0.29, 0.717) is 38.0 Å². The minimum atomic E-state index is -1.12. The summed E-state index contributed by atoms with van der Waals surface area (Å²) in [5.41, 5.74) is 1.87. The number of esters is 1. The van der Waals surface area contributed by atoms with Crippen molar-refractivity contribution in [3.63, 3.8) is 0 Å². The van der Waals surface area contributed by atoms with Crippen LogP contribution in [0.5, 0.6) is 0 Å². The highest BCUT2D eigenvalue weighted by Gasteiger charge is 2.33. The molecule has 202 valence electrons. The Morgan fingerprint density at radius 3 is 2.50 bits per heavy atom. The lowest BCUT2D eigenvalue weighted by molar-refractivity contribution is -0.129. The number of carbonyl (C=O) groups is 3. The van der Waals surface area contributed by atoms with Gasteiger partial charge in [-0.1, -0.05) is 66.2 Å². The van der Waals surface area contributed by atoms with Gasteiger partial charge < -0.3 is 20.4 Å². The van der Waals surface area contributed by atoms with E-state index < -0.39 is 12.0 Å². The number of fused-ring (bicyclic) bond motifs is 1. The first kappa shape index (κ1) is 28.3. The van der Waals surface area contributed by atoms with Crippen LogP contribution in [0.4, 0.5) is 0 Å². The SMILES string of the molecule is CCOC(=O)c1[nH]c2cc(Cl)ccc2c1C(NC(=O)CCc1ccc(Cl)c(Cl)c1)C(=O)NC1CCCCC1. The number of ether oxygens (including phenoxy) is 1. The van der Waals surface area contributed by atoms with Crippen molar-refractivity contribution < 1.29 is 19.1 Å². The molecule has 7 nitrogen and oxygen atoms in total. The number of benzene rings is 2. The maximum atomic E-state index is 13.7. The molecule has 2 aromatic carbocycles. The largest absolute Gasteiger partial charge is 0.461 e. The van der Waals surface area contributed by atoms with E-state index >= 15 is 0 Å². The Hall–Kier alpha value is -2.74. The average Bonchev–Trinajstić information content (AvgIpc) is 3.27. The van der Waals surface area contributed by atoms with Crippen molar-refractivity contribution >= 4 is 63.5 Å². The Morgan fingerprint density at radius 2 is 1.79 bits per heavy atom. The van der Waals surface area contributed by atoms with Gasteiger partial charge >= 0.3 is 5.97 Å². The first-order valence-electron chi connectivity index (χ1n) is 12.8. The summed E-state index contributed by atoms with van der Waals surface area (Å²) < 4.78 is 5.27. The lowest BCUT2D eigenvalue weighted by atomic mass is 9.94. The predicted octanol–water partition coefficient (Wildman–Crippen LogP) is 6.54. The molecule has 2 amide bonds. The third-order valence-corrected chi connectivity index (χ3v) is 7.69. The normalized spacial score (nSPS) is 14.7. The highest BCUT2D eigenvalue weighted by Crippen LogP contribution is 2.32. The molecule has 1 atom stereocenters. The highest BCUT2D eigenvalue weighted by atomic mass is 35.5. The third-order valence-electron chi connectivity index (χ3n) is 6.71. The Bertz CT molecular complexity index is 1330. The smallest absolute Gasteiger partial charge is 0.355 e. The monoisotopic (exact) mass is 577 g/mol. The Morgan fingerprint density at radius 1 is 1.03 bits per heavy atom. The molecule has 1 fully saturated rings. The predicted molar refractivity (Wildman–Crippen MR) is 150 cm³/mol. The number of H-pyrrole nitrogens is 1. The van der Waals surface area contributed by atoms with Crippen molar-refractivity contribution in [2.45, 2.75) is 64.0 Å². The molecule has 0 aliphatic heterocycles. The van der Waals surface area contributed by atoms with E-state index in [1.807, 2.05) is 0 Å².